The first-order chi connectivity index (χ1) is 7.58. The van der Waals surface area contributed by atoms with Crippen LogP contribution in [-0.2, 0) is 9.53 Å². The van der Waals surface area contributed by atoms with Crippen molar-refractivity contribution in [2.24, 2.45) is 0 Å². The largest absolute Gasteiger partial charge is 0.508 e. The maximum atomic E-state index is 11.0. The number of amides is 1. The molecule has 0 radical (unpaired) electrons. The van der Waals surface area contributed by atoms with E-state index in [4.69, 9.17) is 5.11 Å². The zero-order valence-electron chi connectivity index (χ0n) is 8.08. The molecule has 2 atom stereocenters. The maximum Gasteiger partial charge on any atom is 0.408 e. The molecule has 2 unspecified atom stereocenters. The molecule has 1 amide bonds. The number of hydrogen-bond acceptors (Lipinski definition) is 4. The molecule has 84 valence electrons. The van der Waals surface area contributed by atoms with Gasteiger partial charge in [0.1, 0.15) is 11.8 Å². The zero-order valence-corrected chi connectivity index (χ0v) is 8.08. The predicted octanol–water partition coefficient (Wildman–Crippen LogP) is 0.626. The second kappa shape index (κ2) is 3.73. The Morgan fingerprint density at radius 2 is 2.19 bits per heavy atom. The summed E-state index contributed by atoms with van der Waals surface area (Å²) >= 11 is 0. The van der Waals surface area contributed by atoms with Gasteiger partial charge in [0.05, 0.1) is 0 Å². The molecule has 0 bridgehead atoms. The van der Waals surface area contributed by atoms with Gasteiger partial charge in [0, 0.05) is 0 Å². The number of carbonyl (C=O) groups is 2. The first-order valence-corrected chi connectivity index (χ1v) is 4.57. The smallest absolute Gasteiger partial charge is 0.408 e. The highest BCUT2D eigenvalue weighted by Gasteiger charge is 2.40. The molecule has 0 saturated carbocycles. The highest BCUT2D eigenvalue weighted by Crippen LogP contribution is 2.26. The van der Waals surface area contributed by atoms with Crippen molar-refractivity contribution in [3.8, 4) is 5.75 Å². The van der Waals surface area contributed by atoms with Crippen LogP contribution in [0, 0.1) is 0 Å². The van der Waals surface area contributed by atoms with Crippen LogP contribution in [0.1, 0.15) is 11.6 Å². The number of alkyl carbamates (subject to hydrolysis) is 1. The molecular weight excluding hydrogens is 214 g/mol. The number of cyclic esters (lactones) is 1. The second-order valence-electron chi connectivity index (χ2n) is 3.38. The van der Waals surface area contributed by atoms with E-state index in [9.17, 15) is 14.7 Å². The van der Waals surface area contributed by atoms with Gasteiger partial charge in [-0.05, 0) is 17.7 Å². The van der Waals surface area contributed by atoms with Crippen LogP contribution in [0.25, 0.3) is 0 Å². The lowest BCUT2D eigenvalue weighted by molar-refractivity contribution is -0.146. The number of carbonyl (C=O) groups excluding carboxylic acids is 1. The van der Waals surface area contributed by atoms with Crippen molar-refractivity contribution in [1.82, 2.24) is 5.32 Å². The summed E-state index contributed by atoms with van der Waals surface area (Å²) in [5.74, 6) is -1.23. The molecule has 1 aliphatic heterocycles. The van der Waals surface area contributed by atoms with Gasteiger partial charge < -0.3 is 20.3 Å². The molecule has 1 heterocycles. The van der Waals surface area contributed by atoms with E-state index >= 15 is 0 Å². The van der Waals surface area contributed by atoms with Gasteiger partial charge in [-0.3, -0.25) is 0 Å². The fourth-order valence-electron chi connectivity index (χ4n) is 1.59. The van der Waals surface area contributed by atoms with E-state index in [0.29, 0.717) is 5.56 Å². The molecule has 0 spiro atoms. The number of ether oxygens (including phenoxy) is 1. The minimum absolute atomic E-state index is 0.00258. The van der Waals surface area contributed by atoms with Gasteiger partial charge in [-0.15, -0.1) is 0 Å². The molecule has 0 aromatic heterocycles. The second-order valence-corrected chi connectivity index (χ2v) is 3.38. The lowest BCUT2D eigenvalue weighted by Crippen LogP contribution is -2.28. The Balaban J connectivity index is 2.32. The summed E-state index contributed by atoms with van der Waals surface area (Å²) < 4.78 is 4.60. The Bertz CT molecular complexity index is 445. The standard InChI is InChI=1S/C10H9NO5/c12-6-3-1-2-5(4-6)7-8(9(13)14)16-10(15)11-7/h1-4,7-8,12H,(H,11,15)(H,13,14). The highest BCUT2D eigenvalue weighted by atomic mass is 16.6. The lowest BCUT2D eigenvalue weighted by atomic mass is 10.0. The van der Waals surface area contributed by atoms with Crippen LogP contribution in [0.4, 0.5) is 4.79 Å². The van der Waals surface area contributed by atoms with Crippen LogP contribution >= 0.6 is 0 Å². The number of nitrogens with one attached hydrogen (secondary N) is 1. The monoisotopic (exact) mass is 223 g/mol. The summed E-state index contributed by atoms with van der Waals surface area (Å²) in [6, 6.07) is 5.23. The summed E-state index contributed by atoms with van der Waals surface area (Å²) in [4.78, 5) is 21.8. The molecule has 1 saturated heterocycles. The van der Waals surface area contributed by atoms with E-state index in [-0.39, 0.29) is 5.75 Å². The molecule has 1 fully saturated rings. The molecule has 6 nitrogen and oxygen atoms in total. The quantitative estimate of drug-likeness (QED) is 0.683. The number of aliphatic carboxylic acids is 1. The summed E-state index contributed by atoms with van der Waals surface area (Å²) in [7, 11) is 0. The van der Waals surface area contributed by atoms with Crippen LogP contribution in [0.3, 0.4) is 0 Å². The van der Waals surface area contributed by atoms with Crippen molar-refractivity contribution < 1.29 is 24.5 Å². The Kier molecular flexibility index (Phi) is 2.40. The summed E-state index contributed by atoms with van der Waals surface area (Å²) in [6.45, 7) is 0. The van der Waals surface area contributed by atoms with E-state index in [0.717, 1.165) is 0 Å². The number of phenols is 1. The minimum Gasteiger partial charge on any atom is -0.508 e. The third-order valence-corrected chi connectivity index (χ3v) is 2.28. The molecule has 1 aliphatic rings. The van der Waals surface area contributed by atoms with Crippen LogP contribution in [0.15, 0.2) is 24.3 Å². The van der Waals surface area contributed by atoms with Gasteiger partial charge in [0.2, 0.25) is 6.10 Å². The van der Waals surface area contributed by atoms with Crippen molar-refractivity contribution in [2.75, 3.05) is 0 Å². The van der Waals surface area contributed by atoms with Gasteiger partial charge in [-0.25, -0.2) is 9.59 Å². The van der Waals surface area contributed by atoms with Crippen LogP contribution < -0.4 is 5.32 Å². The van der Waals surface area contributed by atoms with Crippen molar-refractivity contribution >= 4 is 12.1 Å². The number of carboxylic acids is 1. The van der Waals surface area contributed by atoms with Gasteiger partial charge in [-0.1, -0.05) is 12.1 Å². The number of phenolic OH excluding ortho intramolecular Hbond substituents is 1. The Morgan fingerprint density at radius 3 is 2.81 bits per heavy atom. The Hall–Kier alpha value is -2.24. The van der Waals surface area contributed by atoms with Gasteiger partial charge in [0.25, 0.3) is 0 Å². The first-order valence-electron chi connectivity index (χ1n) is 4.57. The van der Waals surface area contributed by atoms with Crippen LogP contribution in [-0.4, -0.2) is 28.4 Å². The minimum atomic E-state index is -1.27. The number of hydrogen-bond donors (Lipinski definition) is 3. The maximum absolute atomic E-state index is 11.0. The molecule has 1 aromatic carbocycles. The molecule has 6 heteroatoms. The van der Waals surface area contributed by atoms with E-state index in [2.05, 4.69) is 10.1 Å². The average Bonchev–Trinajstić information content (AvgIpc) is 2.60. The van der Waals surface area contributed by atoms with E-state index in [1.807, 2.05) is 0 Å². The lowest BCUT2D eigenvalue weighted by Gasteiger charge is -2.13. The van der Waals surface area contributed by atoms with Gasteiger partial charge in [0.15, 0.2) is 0 Å². The van der Waals surface area contributed by atoms with Crippen molar-refractivity contribution in [3.63, 3.8) is 0 Å². The summed E-state index contributed by atoms with van der Waals surface area (Å²) in [5, 5.41) is 20.5. The zero-order chi connectivity index (χ0) is 11.7. The van der Waals surface area contributed by atoms with Crippen molar-refractivity contribution in [3.05, 3.63) is 29.8 Å². The third kappa shape index (κ3) is 1.77. The van der Waals surface area contributed by atoms with E-state index in [1.165, 1.54) is 12.1 Å². The molecule has 1 aromatic rings. The molecule has 3 N–H and O–H groups in total. The fourth-order valence-corrected chi connectivity index (χ4v) is 1.59. The number of benzene rings is 1. The predicted molar refractivity (Wildman–Crippen MR) is 51.9 cm³/mol. The van der Waals surface area contributed by atoms with Crippen LogP contribution in [0.2, 0.25) is 0 Å². The molecule has 16 heavy (non-hydrogen) atoms. The molecule has 0 aliphatic carbocycles. The SMILES string of the molecule is O=C1NC(c2cccc(O)c2)C(C(=O)O)O1. The van der Waals surface area contributed by atoms with Gasteiger partial charge >= 0.3 is 12.1 Å². The number of rotatable bonds is 2. The average molecular weight is 223 g/mol. The third-order valence-electron chi connectivity index (χ3n) is 2.28. The number of carboxylic acid groups (broad SMARTS) is 1. The van der Waals surface area contributed by atoms with Crippen molar-refractivity contribution in [1.29, 1.82) is 0 Å². The molecular formula is C10H9NO5. The Labute approximate surface area is 90.5 Å². The molecule has 2 rings (SSSR count). The van der Waals surface area contributed by atoms with Crippen molar-refractivity contribution in [2.45, 2.75) is 12.1 Å². The van der Waals surface area contributed by atoms with Crippen LogP contribution in [0.5, 0.6) is 5.75 Å². The summed E-state index contributed by atoms with van der Waals surface area (Å²) in [6.07, 6.45) is -2.05. The van der Waals surface area contributed by atoms with E-state index < -0.39 is 24.2 Å². The number of aromatic hydroxyl groups is 1. The Morgan fingerprint density at radius 1 is 1.44 bits per heavy atom. The first kappa shape index (κ1) is 10.3. The fraction of sp³-hybridized carbons (Fsp3) is 0.200. The van der Waals surface area contributed by atoms with E-state index in [1.54, 1.807) is 12.1 Å². The highest BCUT2D eigenvalue weighted by molar-refractivity contribution is 5.82. The topological polar surface area (TPSA) is 95.9 Å². The normalized spacial score (nSPS) is 23.6. The van der Waals surface area contributed by atoms with Gasteiger partial charge in [-0.2, -0.15) is 0 Å². The summed E-state index contributed by atoms with van der Waals surface area (Å²) in [5.41, 5.74) is 0.484.